The molecular formula is C3H6F2O5S. The Kier molecular flexibility index (Phi) is 4.42. The number of hydrogen-bond acceptors (Lipinski definition) is 5. The first kappa shape index (κ1) is 10.7. The van der Waals surface area contributed by atoms with Crippen LogP contribution in [0.15, 0.2) is 0 Å². The number of hydrogen-bond donors (Lipinski definition) is 0. The number of alkyl halides is 2. The van der Waals surface area contributed by atoms with Crippen LogP contribution in [0.2, 0.25) is 0 Å². The van der Waals surface area contributed by atoms with Crippen molar-refractivity contribution in [2.24, 2.45) is 0 Å². The molecular weight excluding hydrogens is 186 g/mol. The van der Waals surface area contributed by atoms with Crippen LogP contribution in [0.25, 0.3) is 0 Å². The minimum atomic E-state index is -4.27. The summed E-state index contributed by atoms with van der Waals surface area (Å²) in [5.74, 6) is 0. The molecule has 0 unspecified atom stereocenters. The minimum absolute atomic E-state index is 0.807. The van der Waals surface area contributed by atoms with Gasteiger partial charge in [0, 0.05) is 0 Å². The van der Waals surface area contributed by atoms with Gasteiger partial charge in [0.1, 0.15) is 6.61 Å². The molecule has 68 valence electrons. The van der Waals surface area contributed by atoms with Gasteiger partial charge in [-0.15, -0.1) is 0 Å². The second kappa shape index (κ2) is 4.54. The van der Waals surface area contributed by atoms with E-state index in [2.05, 4.69) is 13.4 Å². The summed E-state index contributed by atoms with van der Waals surface area (Å²) in [5, 5.41) is 0. The summed E-state index contributed by atoms with van der Waals surface area (Å²) in [6.45, 7) is -1.12. The molecule has 0 bridgehead atoms. The summed E-state index contributed by atoms with van der Waals surface area (Å²) < 4.78 is 50.0. The highest BCUT2D eigenvalue weighted by atomic mass is 32.3. The highest BCUT2D eigenvalue weighted by Crippen LogP contribution is 1.98. The largest absolute Gasteiger partial charge is 0.426 e. The Morgan fingerprint density at radius 2 is 2.00 bits per heavy atom. The molecule has 0 aromatic rings. The Balaban J connectivity index is 3.55. The van der Waals surface area contributed by atoms with E-state index in [1.165, 1.54) is 0 Å². The summed E-state index contributed by atoms with van der Waals surface area (Å²) in [5.41, 5.74) is 0. The number of rotatable bonds is 5. The maximum Gasteiger partial charge on any atom is 0.426 e. The van der Waals surface area contributed by atoms with E-state index in [1.54, 1.807) is 0 Å². The van der Waals surface area contributed by atoms with Gasteiger partial charge in [0.05, 0.1) is 7.11 Å². The Hall–Kier alpha value is -0.310. The van der Waals surface area contributed by atoms with Crippen molar-refractivity contribution in [1.82, 2.24) is 0 Å². The lowest BCUT2D eigenvalue weighted by atomic mass is 10.8. The quantitative estimate of drug-likeness (QED) is 0.456. The van der Waals surface area contributed by atoms with Crippen LogP contribution in [0.4, 0.5) is 8.78 Å². The fraction of sp³-hybridized carbons (Fsp3) is 1.00. The van der Waals surface area contributed by atoms with Crippen molar-refractivity contribution >= 4 is 10.4 Å². The molecule has 0 amide bonds. The summed E-state index contributed by atoms with van der Waals surface area (Å²) in [6.07, 6.45) is -2.79. The van der Waals surface area contributed by atoms with Crippen molar-refractivity contribution in [3.8, 4) is 0 Å². The molecule has 0 aromatic carbocycles. The predicted octanol–water partition coefficient (Wildman–Crippen LogP) is 0.0909. The minimum Gasteiger partial charge on any atom is -0.250 e. The van der Waals surface area contributed by atoms with Crippen molar-refractivity contribution in [1.29, 1.82) is 0 Å². The molecule has 0 aliphatic heterocycles. The van der Waals surface area contributed by atoms with E-state index in [4.69, 9.17) is 0 Å². The van der Waals surface area contributed by atoms with E-state index < -0.39 is 23.4 Å². The molecule has 0 rings (SSSR count). The van der Waals surface area contributed by atoms with Crippen LogP contribution in [0.3, 0.4) is 0 Å². The SMILES string of the molecule is COS(=O)(=O)OOCC(F)F. The van der Waals surface area contributed by atoms with Crippen molar-refractivity contribution < 1.29 is 30.6 Å². The third-order valence-electron chi connectivity index (χ3n) is 0.530. The molecule has 0 fully saturated rings. The Labute approximate surface area is 62.1 Å². The fourth-order valence-corrected chi connectivity index (χ4v) is 0.395. The van der Waals surface area contributed by atoms with E-state index in [0.717, 1.165) is 7.11 Å². The third-order valence-corrected chi connectivity index (χ3v) is 1.20. The molecule has 0 aliphatic rings. The van der Waals surface area contributed by atoms with Crippen molar-refractivity contribution in [3.05, 3.63) is 0 Å². The monoisotopic (exact) mass is 192 g/mol. The summed E-state index contributed by atoms with van der Waals surface area (Å²) in [7, 11) is -3.46. The average Bonchev–Trinajstić information content (AvgIpc) is 1.87. The molecule has 5 nitrogen and oxygen atoms in total. The molecule has 0 saturated heterocycles. The van der Waals surface area contributed by atoms with Gasteiger partial charge in [-0.3, -0.25) is 0 Å². The van der Waals surface area contributed by atoms with Gasteiger partial charge >= 0.3 is 10.4 Å². The molecule has 11 heavy (non-hydrogen) atoms. The molecule has 0 saturated carbocycles. The molecule has 0 atom stereocenters. The average molecular weight is 192 g/mol. The van der Waals surface area contributed by atoms with Crippen LogP contribution in [0, 0.1) is 0 Å². The van der Waals surface area contributed by atoms with E-state index in [1.807, 2.05) is 0 Å². The van der Waals surface area contributed by atoms with Crippen molar-refractivity contribution in [3.63, 3.8) is 0 Å². The Bertz CT molecular complexity index is 188. The van der Waals surface area contributed by atoms with E-state index >= 15 is 0 Å². The van der Waals surface area contributed by atoms with Gasteiger partial charge in [-0.05, 0) is 0 Å². The van der Waals surface area contributed by atoms with Gasteiger partial charge in [-0.1, -0.05) is 4.33 Å². The highest BCUT2D eigenvalue weighted by Gasteiger charge is 2.12. The third kappa shape index (κ3) is 6.10. The summed E-state index contributed by atoms with van der Waals surface area (Å²) >= 11 is 0. The first-order valence-electron chi connectivity index (χ1n) is 2.37. The zero-order chi connectivity index (χ0) is 8.91. The predicted molar refractivity (Wildman–Crippen MR) is 29.0 cm³/mol. The number of halogens is 2. The van der Waals surface area contributed by atoms with Crippen LogP contribution in [-0.2, 0) is 23.8 Å². The van der Waals surface area contributed by atoms with Crippen molar-refractivity contribution in [2.75, 3.05) is 13.7 Å². The van der Waals surface area contributed by atoms with Crippen LogP contribution < -0.4 is 0 Å². The van der Waals surface area contributed by atoms with Crippen molar-refractivity contribution in [2.45, 2.75) is 6.43 Å². The molecule has 8 heteroatoms. The lowest BCUT2D eigenvalue weighted by Crippen LogP contribution is -2.12. The molecule has 0 radical (unpaired) electrons. The lowest BCUT2D eigenvalue weighted by Gasteiger charge is -2.00. The first-order chi connectivity index (χ1) is 4.98. The summed E-state index contributed by atoms with van der Waals surface area (Å²) in [4.78, 5) is 3.59. The summed E-state index contributed by atoms with van der Waals surface area (Å²) in [6, 6.07) is 0. The van der Waals surface area contributed by atoms with Gasteiger partial charge in [0.2, 0.25) is 0 Å². The zero-order valence-corrected chi connectivity index (χ0v) is 6.31. The highest BCUT2D eigenvalue weighted by molar-refractivity contribution is 7.81. The zero-order valence-electron chi connectivity index (χ0n) is 5.49. The van der Waals surface area contributed by atoms with Gasteiger partial charge in [-0.2, -0.15) is 8.42 Å². The second-order valence-corrected chi connectivity index (χ2v) is 2.60. The fourth-order valence-electron chi connectivity index (χ4n) is 0.166. The molecule has 0 aliphatic carbocycles. The van der Waals surface area contributed by atoms with Gasteiger partial charge in [0.25, 0.3) is 6.43 Å². The molecule has 0 aromatic heterocycles. The first-order valence-corrected chi connectivity index (χ1v) is 3.71. The smallest absolute Gasteiger partial charge is 0.250 e. The second-order valence-electron chi connectivity index (χ2n) is 1.32. The topological polar surface area (TPSA) is 61.8 Å². The van der Waals surface area contributed by atoms with Crippen LogP contribution >= 0.6 is 0 Å². The molecule has 0 heterocycles. The Morgan fingerprint density at radius 3 is 2.36 bits per heavy atom. The van der Waals surface area contributed by atoms with Gasteiger partial charge < -0.3 is 0 Å². The normalized spacial score (nSPS) is 12.4. The maximum absolute atomic E-state index is 11.3. The standard InChI is InChI=1S/C3H6F2O5S/c1-8-11(6,7)10-9-2-3(4)5/h3H,2H2,1H3. The van der Waals surface area contributed by atoms with E-state index in [9.17, 15) is 17.2 Å². The van der Waals surface area contributed by atoms with Gasteiger partial charge in [-0.25, -0.2) is 17.9 Å². The lowest BCUT2D eigenvalue weighted by molar-refractivity contribution is -0.229. The maximum atomic E-state index is 11.3. The molecule has 0 spiro atoms. The molecule has 0 N–H and O–H groups in total. The van der Waals surface area contributed by atoms with Crippen LogP contribution in [-0.4, -0.2) is 28.6 Å². The van der Waals surface area contributed by atoms with Gasteiger partial charge in [0.15, 0.2) is 0 Å². The van der Waals surface area contributed by atoms with Crippen LogP contribution in [0.5, 0.6) is 0 Å². The van der Waals surface area contributed by atoms with Crippen LogP contribution in [0.1, 0.15) is 0 Å². The van der Waals surface area contributed by atoms with E-state index in [-0.39, 0.29) is 0 Å². The Morgan fingerprint density at radius 1 is 1.45 bits per heavy atom. The van der Waals surface area contributed by atoms with E-state index in [0.29, 0.717) is 0 Å².